The van der Waals surface area contributed by atoms with Crippen molar-refractivity contribution >= 4 is 33.5 Å². The minimum Gasteiger partial charge on any atom is -0.378 e. The summed E-state index contributed by atoms with van der Waals surface area (Å²) in [5, 5.41) is 0. The van der Waals surface area contributed by atoms with Gasteiger partial charge in [0, 0.05) is 61.7 Å². The summed E-state index contributed by atoms with van der Waals surface area (Å²) in [6.45, 7) is 7.94. The van der Waals surface area contributed by atoms with Crippen LogP contribution in [-0.4, -0.2) is 67.4 Å². The Morgan fingerprint density at radius 3 is 2.37 bits per heavy atom. The van der Waals surface area contributed by atoms with Gasteiger partial charge in [0.2, 0.25) is 5.95 Å². The highest BCUT2D eigenvalue weighted by molar-refractivity contribution is 9.10. The number of morpholine rings is 1. The predicted molar refractivity (Wildman–Crippen MR) is 106 cm³/mol. The first-order valence-corrected chi connectivity index (χ1v) is 9.89. The molecule has 0 aromatic carbocycles. The van der Waals surface area contributed by atoms with Crippen LogP contribution in [0.25, 0.3) is 0 Å². The lowest BCUT2D eigenvalue weighted by molar-refractivity contribution is 0.122. The van der Waals surface area contributed by atoms with Crippen molar-refractivity contribution in [3.63, 3.8) is 0 Å². The molecular formula is C18H22BrFN6O. The van der Waals surface area contributed by atoms with Gasteiger partial charge >= 0.3 is 0 Å². The maximum atomic E-state index is 14.2. The van der Waals surface area contributed by atoms with Gasteiger partial charge in [-0.1, -0.05) is 0 Å². The van der Waals surface area contributed by atoms with E-state index in [1.165, 1.54) is 6.07 Å². The molecular weight excluding hydrogens is 415 g/mol. The molecule has 2 aromatic heterocycles. The standard InChI is InChI=1S/C18H22BrFN6O/c1-13-10-16(23-18(22-13)26-6-8-27-9-7-26)24-2-4-25(5-3-24)17-15(20)11-14(19)12-21-17/h10-12H,2-9H2,1H3. The summed E-state index contributed by atoms with van der Waals surface area (Å²) in [7, 11) is 0. The van der Waals surface area contributed by atoms with Gasteiger partial charge in [0.1, 0.15) is 5.82 Å². The van der Waals surface area contributed by atoms with E-state index in [0.29, 0.717) is 36.6 Å². The Kier molecular flexibility index (Phi) is 5.40. The number of hydrogen-bond donors (Lipinski definition) is 0. The molecule has 2 saturated heterocycles. The number of ether oxygens (including phenoxy) is 1. The normalized spacial score (nSPS) is 18.1. The average molecular weight is 437 g/mol. The molecule has 7 nitrogen and oxygen atoms in total. The fourth-order valence-electron chi connectivity index (χ4n) is 3.39. The summed E-state index contributed by atoms with van der Waals surface area (Å²) in [6, 6.07) is 3.47. The molecule has 2 aliphatic heterocycles. The van der Waals surface area contributed by atoms with Gasteiger partial charge < -0.3 is 19.4 Å². The number of nitrogens with zero attached hydrogens (tertiary/aromatic N) is 6. The van der Waals surface area contributed by atoms with Crippen molar-refractivity contribution in [2.45, 2.75) is 6.92 Å². The third kappa shape index (κ3) is 4.14. The highest BCUT2D eigenvalue weighted by atomic mass is 79.9. The fraction of sp³-hybridized carbons (Fsp3) is 0.500. The van der Waals surface area contributed by atoms with Crippen molar-refractivity contribution in [1.29, 1.82) is 0 Å². The molecule has 2 aliphatic rings. The summed E-state index contributed by atoms with van der Waals surface area (Å²) in [5.74, 6) is 1.79. The van der Waals surface area contributed by atoms with Crippen LogP contribution >= 0.6 is 15.9 Å². The van der Waals surface area contributed by atoms with Crippen LogP contribution in [0.1, 0.15) is 5.69 Å². The molecule has 0 N–H and O–H groups in total. The third-order valence-corrected chi connectivity index (χ3v) is 5.25. The van der Waals surface area contributed by atoms with Crippen molar-refractivity contribution in [2.24, 2.45) is 0 Å². The van der Waals surface area contributed by atoms with Gasteiger partial charge in [-0.05, 0) is 28.9 Å². The van der Waals surface area contributed by atoms with Crippen LogP contribution in [-0.2, 0) is 4.74 Å². The summed E-state index contributed by atoms with van der Waals surface area (Å²) in [6.07, 6.45) is 1.63. The average Bonchev–Trinajstić information content (AvgIpc) is 2.68. The van der Waals surface area contributed by atoms with Crippen LogP contribution in [0, 0.1) is 12.7 Å². The number of anilines is 3. The van der Waals surface area contributed by atoms with Crippen LogP contribution in [0.5, 0.6) is 0 Å². The van der Waals surface area contributed by atoms with Crippen molar-refractivity contribution in [3.8, 4) is 0 Å². The summed E-state index contributed by atoms with van der Waals surface area (Å²) < 4.78 is 20.2. The zero-order valence-electron chi connectivity index (χ0n) is 15.2. The second kappa shape index (κ2) is 7.93. The van der Waals surface area contributed by atoms with E-state index in [0.717, 1.165) is 43.6 Å². The summed E-state index contributed by atoms with van der Waals surface area (Å²) in [5.41, 5.74) is 0.949. The molecule has 0 unspecified atom stereocenters. The van der Waals surface area contributed by atoms with Gasteiger partial charge in [0.15, 0.2) is 11.6 Å². The lowest BCUT2D eigenvalue weighted by Gasteiger charge is -2.36. The molecule has 27 heavy (non-hydrogen) atoms. The Morgan fingerprint density at radius 2 is 1.67 bits per heavy atom. The van der Waals surface area contributed by atoms with Gasteiger partial charge in [-0.15, -0.1) is 0 Å². The molecule has 4 rings (SSSR count). The van der Waals surface area contributed by atoms with E-state index in [2.05, 4.69) is 35.7 Å². The molecule has 0 amide bonds. The zero-order valence-corrected chi connectivity index (χ0v) is 16.8. The first-order valence-electron chi connectivity index (χ1n) is 9.09. The van der Waals surface area contributed by atoms with Crippen LogP contribution in [0.15, 0.2) is 22.8 Å². The SMILES string of the molecule is Cc1cc(N2CCN(c3ncc(Br)cc3F)CC2)nc(N2CCOCC2)n1. The molecule has 4 heterocycles. The van der Waals surface area contributed by atoms with Crippen LogP contribution < -0.4 is 14.7 Å². The van der Waals surface area contributed by atoms with E-state index < -0.39 is 0 Å². The van der Waals surface area contributed by atoms with E-state index in [-0.39, 0.29) is 5.82 Å². The Bertz CT molecular complexity index is 808. The summed E-state index contributed by atoms with van der Waals surface area (Å²) >= 11 is 3.25. The molecule has 0 bridgehead atoms. The first-order chi connectivity index (χ1) is 13.1. The molecule has 0 spiro atoms. The Labute approximate surface area is 166 Å². The van der Waals surface area contributed by atoms with E-state index in [1.54, 1.807) is 6.20 Å². The largest absolute Gasteiger partial charge is 0.378 e. The van der Waals surface area contributed by atoms with Crippen molar-refractivity contribution < 1.29 is 9.13 Å². The van der Waals surface area contributed by atoms with Gasteiger partial charge in [0.05, 0.1) is 13.2 Å². The van der Waals surface area contributed by atoms with Crippen molar-refractivity contribution in [2.75, 3.05) is 67.2 Å². The maximum absolute atomic E-state index is 14.2. The Hall–Kier alpha value is -2.00. The number of aromatic nitrogens is 3. The lowest BCUT2D eigenvalue weighted by atomic mass is 10.3. The molecule has 9 heteroatoms. The Balaban J connectivity index is 1.47. The van der Waals surface area contributed by atoms with E-state index in [9.17, 15) is 4.39 Å². The highest BCUT2D eigenvalue weighted by Gasteiger charge is 2.23. The van der Waals surface area contributed by atoms with Crippen molar-refractivity contribution in [1.82, 2.24) is 15.0 Å². The quantitative estimate of drug-likeness (QED) is 0.730. The molecule has 0 aliphatic carbocycles. The zero-order chi connectivity index (χ0) is 18.8. The lowest BCUT2D eigenvalue weighted by Crippen LogP contribution is -2.47. The highest BCUT2D eigenvalue weighted by Crippen LogP contribution is 2.24. The predicted octanol–water partition coefficient (Wildman–Crippen LogP) is 2.24. The van der Waals surface area contributed by atoms with E-state index >= 15 is 0 Å². The van der Waals surface area contributed by atoms with E-state index in [1.807, 2.05) is 17.9 Å². The van der Waals surface area contributed by atoms with E-state index in [4.69, 9.17) is 9.72 Å². The van der Waals surface area contributed by atoms with Crippen molar-refractivity contribution in [3.05, 3.63) is 34.3 Å². The number of piperazine rings is 1. The third-order valence-electron chi connectivity index (χ3n) is 4.81. The topological polar surface area (TPSA) is 57.6 Å². The molecule has 2 aromatic rings. The number of halogens is 2. The smallest absolute Gasteiger partial charge is 0.227 e. The molecule has 0 radical (unpaired) electrons. The van der Waals surface area contributed by atoms with Gasteiger partial charge in [0.25, 0.3) is 0 Å². The number of pyridine rings is 1. The Morgan fingerprint density at radius 1 is 0.963 bits per heavy atom. The minimum atomic E-state index is -0.301. The fourth-order valence-corrected chi connectivity index (χ4v) is 3.69. The molecule has 0 saturated carbocycles. The van der Waals surface area contributed by atoms with Crippen LogP contribution in [0.3, 0.4) is 0 Å². The number of hydrogen-bond acceptors (Lipinski definition) is 7. The van der Waals surface area contributed by atoms with Gasteiger partial charge in [-0.25, -0.2) is 14.4 Å². The van der Waals surface area contributed by atoms with Crippen LogP contribution in [0.2, 0.25) is 0 Å². The second-order valence-electron chi connectivity index (χ2n) is 6.70. The second-order valence-corrected chi connectivity index (χ2v) is 7.62. The number of aryl methyl sites for hydroxylation is 1. The number of rotatable bonds is 3. The first kappa shape index (κ1) is 18.4. The minimum absolute atomic E-state index is 0.301. The maximum Gasteiger partial charge on any atom is 0.227 e. The molecule has 2 fully saturated rings. The molecule has 144 valence electrons. The van der Waals surface area contributed by atoms with Gasteiger partial charge in [-0.3, -0.25) is 0 Å². The van der Waals surface area contributed by atoms with Crippen LogP contribution in [0.4, 0.5) is 22.0 Å². The van der Waals surface area contributed by atoms with Gasteiger partial charge in [-0.2, -0.15) is 4.98 Å². The molecule has 0 atom stereocenters. The monoisotopic (exact) mass is 436 g/mol. The summed E-state index contributed by atoms with van der Waals surface area (Å²) in [4.78, 5) is 20.0.